The second-order valence-corrected chi connectivity index (χ2v) is 3.47. The molecule has 0 saturated heterocycles. The Balaban J connectivity index is 2.81. The van der Waals surface area contributed by atoms with Crippen molar-refractivity contribution in [1.82, 2.24) is 0 Å². The van der Waals surface area contributed by atoms with E-state index in [1.165, 1.54) is 0 Å². The highest BCUT2D eigenvalue weighted by Gasteiger charge is 2.52. The van der Waals surface area contributed by atoms with Crippen LogP contribution in [0.3, 0.4) is 0 Å². The summed E-state index contributed by atoms with van der Waals surface area (Å²) in [6, 6.07) is 0. The van der Waals surface area contributed by atoms with Crippen LogP contribution in [0.15, 0.2) is 0 Å². The summed E-state index contributed by atoms with van der Waals surface area (Å²) in [5.74, 6) is -3.36. The van der Waals surface area contributed by atoms with E-state index in [1.807, 2.05) is 0 Å². The minimum Gasteiger partial charge on any atom is -0.396 e. The average molecular weight is 216 g/mol. The summed E-state index contributed by atoms with van der Waals surface area (Å²) in [7, 11) is 0. The van der Waals surface area contributed by atoms with Gasteiger partial charge < -0.3 is 10.2 Å². The third-order valence-corrected chi connectivity index (χ3v) is 2.67. The number of aliphatic hydroxyl groups is 2. The van der Waals surface area contributed by atoms with Crippen LogP contribution in [0.1, 0.15) is 0 Å². The molecule has 2 N–H and O–H groups in total. The Morgan fingerprint density at radius 1 is 0.643 bits per heavy atom. The van der Waals surface area contributed by atoms with Crippen LogP contribution in [0.4, 0.5) is 17.6 Å². The first-order valence-corrected chi connectivity index (χ1v) is 4.32. The molecule has 0 aromatic carbocycles. The van der Waals surface area contributed by atoms with Crippen LogP contribution in [0.2, 0.25) is 0 Å². The molecular formula is C8H12F4O2. The molecule has 84 valence electrons. The monoisotopic (exact) mass is 216 g/mol. The quantitative estimate of drug-likeness (QED) is 0.662. The van der Waals surface area contributed by atoms with Crippen LogP contribution >= 0.6 is 0 Å². The smallest absolute Gasteiger partial charge is 0.140 e. The fourth-order valence-corrected chi connectivity index (χ4v) is 1.70. The Hall–Kier alpha value is -0.360. The van der Waals surface area contributed by atoms with Crippen molar-refractivity contribution in [2.45, 2.75) is 24.7 Å². The maximum Gasteiger partial charge on any atom is 0.140 e. The predicted molar refractivity (Wildman–Crippen MR) is 40.7 cm³/mol. The molecule has 0 bridgehead atoms. The van der Waals surface area contributed by atoms with Gasteiger partial charge in [-0.05, 0) is 0 Å². The molecule has 6 heteroatoms. The van der Waals surface area contributed by atoms with E-state index < -0.39 is 49.7 Å². The zero-order valence-electron chi connectivity index (χ0n) is 7.28. The summed E-state index contributed by atoms with van der Waals surface area (Å²) in [5, 5.41) is 17.1. The highest BCUT2D eigenvalue weighted by atomic mass is 19.2. The molecule has 0 radical (unpaired) electrons. The highest BCUT2D eigenvalue weighted by molar-refractivity contribution is 4.98. The molecule has 0 spiro atoms. The maximum absolute atomic E-state index is 13.0. The van der Waals surface area contributed by atoms with Gasteiger partial charge in [0.25, 0.3) is 0 Å². The van der Waals surface area contributed by atoms with Gasteiger partial charge in [0.05, 0.1) is 25.0 Å². The van der Waals surface area contributed by atoms with Gasteiger partial charge in [-0.1, -0.05) is 0 Å². The molecule has 0 amide bonds. The predicted octanol–water partition coefficient (Wildman–Crippen LogP) is 0.569. The lowest BCUT2D eigenvalue weighted by molar-refractivity contribution is -0.104. The topological polar surface area (TPSA) is 40.5 Å². The van der Waals surface area contributed by atoms with Gasteiger partial charge in [-0.25, -0.2) is 17.6 Å². The van der Waals surface area contributed by atoms with Gasteiger partial charge in [0.15, 0.2) is 0 Å². The van der Waals surface area contributed by atoms with Crippen LogP contribution in [0.5, 0.6) is 0 Å². The van der Waals surface area contributed by atoms with Crippen LogP contribution in [-0.2, 0) is 0 Å². The second kappa shape index (κ2) is 4.44. The lowest BCUT2D eigenvalue weighted by Crippen LogP contribution is -2.54. The van der Waals surface area contributed by atoms with E-state index in [0.29, 0.717) is 0 Å². The largest absolute Gasteiger partial charge is 0.396 e. The average Bonchev–Trinajstić information content (AvgIpc) is 2.17. The summed E-state index contributed by atoms with van der Waals surface area (Å²) in [6.45, 7) is -1.89. The highest BCUT2D eigenvalue weighted by Crippen LogP contribution is 2.37. The van der Waals surface area contributed by atoms with E-state index in [4.69, 9.17) is 10.2 Å². The van der Waals surface area contributed by atoms with Crippen molar-refractivity contribution in [3.8, 4) is 0 Å². The van der Waals surface area contributed by atoms with E-state index in [0.717, 1.165) is 0 Å². The number of rotatable bonds is 2. The first-order chi connectivity index (χ1) is 6.54. The lowest BCUT2D eigenvalue weighted by Gasteiger charge is -2.38. The molecule has 1 rings (SSSR count). The Bertz CT molecular complexity index is 156. The number of hydrogen-bond acceptors (Lipinski definition) is 2. The van der Waals surface area contributed by atoms with Crippen molar-refractivity contribution in [2.75, 3.05) is 13.2 Å². The molecule has 4 unspecified atom stereocenters. The first kappa shape index (κ1) is 11.7. The molecule has 1 aliphatic rings. The van der Waals surface area contributed by atoms with Gasteiger partial charge in [0.2, 0.25) is 0 Å². The fraction of sp³-hybridized carbons (Fsp3) is 1.00. The van der Waals surface area contributed by atoms with Gasteiger partial charge in [-0.15, -0.1) is 0 Å². The van der Waals surface area contributed by atoms with Crippen molar-refractivity contribution in [3.63, 3.8) is 0 Å². The molecule has 4 atom stereocenters. The Labute approximate surface area is 78.5 Å². The number of alkyl halides is 4. The molecule has 14 heavy (non-hydrogen) atoms. The van der Waals surface area contributed by atoms with Crippen molar-refractivity contribution >= 4 is 0 Å². The minimum atomic E-state index is -2.26. The molecule has 0 aromatic rings. The van der Waals surface area contributed by atoms with Gasteiger partial charge in [-0.2, -0.15) is 0 Å². The van der Waals surface area contributed by atoms with E-state index in [-0.39, 0.29) is 0 Å². The molecule has 1 aliphatic carbocycles. The van der Waals surface area contributed by atoms with Gasteiger partial charge in [-0.3, -0.25) is 0 Å². The lowest BCUT2D eigenvalue weighted by atomic mass is 9.77. The van der Waals surface area contributed by atoms with Crippen molar-refractivity contribution in [3.05, 3.63) is 0 Å². The second-order valence-electron chi connectivity index (χ2n) is 3.47. The molecule has 0 aliphatic heterocycles. The van der Waals surface area contributed by atoms with E-state index in [1.54, 1.807) is 0 Å². The SMILES string of the molecule is OCC1C(F)C(F)C(CO)C(F)C1F. The zero-order chi connectivity index (χ0) is 10.9. The van der Waals surface area contributed by atoms with Crippen molar-refractivity contribution < 1.29 is 27.8 Å². The van der Waals surface area contributed by atoms with Gasteiger partial charge >= 0.3 is 0 Å². The summed E-state index contributed by atoms with van der Waals surface area (Å²) >= 11 is 0. The van der Waals surface area contributed by atoms with Crippen LogP contribution in [0, 0.1) is 11.8 Å². The van der Waals surface area contributed by atoms with Crippen molar-refractivity contribution in [1.29, 1.82) is 0 Å². The number of halogens is 4. The molecule has 1 saturated carbocycles. The summed E-state index contributed by atoms with van der Waals surface area (Å²) in [5.41, 5.74) is 0. The van der Waals surface area contributed by atoms with Crippen molar-refractivity contribution in [2.24, 2.45) is 11.8 Å². The van der Waals surface area contributed by atoms with Crippen LogP contribution < -0.4 is 0 Å². The van der Waals surface area contributed by atoms with E-state index >= 15 is 0 Å². The Morgan fingerprint density at radius 3 is 1.00 bits per heavy atom. The third-order valence-electron chi connectivity index (χ3n) is 2.67. The van der Waals surface area contributed by atoms with Gasteiger partial charge in [0, 0.05) is 0 Å². The molecule has 2 nitrogen and oxygen atoms in total. The van der Waals surface area contributed by atoms with Gasteiger partial charge in [0.1, 0.15) is 24.7 Å². The first-order valence-electron chi connectivity index (χ1n) is 4.32. The molecule has 0 aromatic heterocycles. The summed E-state index contributed by atoms with van der Waals surface area (Å²) in [6.07, 6.45) is -9.06. The number of hydrogen-bond donors (Lipinski definition) is 2. The van der Waals surface area contributed by atoms with E-state index in [2.05, 4.69) is 0 Å². The molecular weight excluding hydrogens is 204 g/mol. The fourth-order valence-electron chi connectivity index (χ4n) is 1.70. The van der Waals surface area contributed by atoms with Crippen LogP contribution in [0.25, 0.3) is 0 Å². The Morgan fingerprint density at radius 2 is 0.857 bits per heavy atom. The number of aliphatic hydroxyl groups excluding tert-OH is 2. The van der Waals surface area contributed by atoms with Crippen LogP contribution in [-0.4, -0.2) is 48.1 Å². The summed E-state index contributed by atoms with van der Waals surface area (Å²) < 4.78 is 52.2. The standard InChI is InChI=1S/C8H12F4O2/c9-5-3(1-13)6(10)8(12)4(2-14)7(5)11/h3-8,13-14H,1-2H2. The normalized spacial score (nSPS) is 49.3. The Kier molecular flexibility index (Phi) is 3.71. The summed E-state index contributed by atoms with van der Waals surface area (Å²) in [4.78, 5) is 0. The zero-order valence-corrected chi connectivity index (χ0v) is 7.28. The maximum atomic E-state index is 13.0. The minimum absolute atomic E-state index is 0.943. The van der Waals surface area contributed by atoms with E-state index in [9.17, 15) is 17.6 Å². The molecule has 0 heterocycles. The third kappa shape index (κ3) is 1.72. The molecule has 1 fully saturated rings.